The van der Waals surface area contributed by atoms with Crippen LogP contribution in [0.4, 0.5) is 11.5 Å². The molecule has 19 heavy (non-hydrogen) atoms. The summed E-state index contributed by atoms with van der Waals surface area (Å²) in [6, 6.07) is 8.01. The summed E-state index contributed by atoms with van der Waals surface area (Å²) in [6.07, 6.45) is 0. The van der Waals surface area contributed by atoms with E-state index in [-0.39, 0.29) is 10.7 Å². The van der Waals surface area contributed by atoms with Crippen molar-refractivity contribution in [2.75, 3.05) is 5.32 Å². The topological polar surface area (TPSA) is 62.2 Å². The van der Waals surface area contributed by atoms with Gasteiger partial charge in [-0.1, -0.05) is 23.2 Å². The smallest absolute Gasteiger partial charge is 0.335 e. The quantitative estimate of drug-likeness (QED) is 0.582. The number of carboxylic acid groups (broad SMARTS) is 1. The van der Waals surface area contributed by atoms with Crippen LogP contribution in [0.3, 0.4) is 0 Å². The van der Waals surface area contributed by atoms with Crippen LogP contribution in [0, 0.1) is 3.57 Å². The van der Waals surface area contributed by atoms with Crippen molar-refractivity contribution in [3.8, 4) is 0 Å². The molecule has 2 aromatic rings. The first-order valence-electron chi connectivity index (χ1n) is 5.08. The molecule has 0 saturated carbocycles. The van der Waals surface area contributed by atoms with Gasteiger partial charge in [0.05, 0.1) is 11.3 Å². The Bertz CT molecular complexity index is 650. The van der Waals surface area contributed by atoms with Crippen molar-refractivity contribution >= 4 is 63.3 Å². The van der Waals surface area contributed by atoms with Gasteiger partial charge in [-0.05, 0) is 52.9 Å². The Balaban J connectivity index is 2.35. The molecule has 1 aromatic carbocycles. The van der Waals surface area contributed by atoms with Crippen LogP contribution in [0.15, 0.2) is 30.3 Å². The Morgan fingerprint density at radius 1 is 1.26 bits per heavy atom. The van der Waals surface area contributed by atoms with Crippen molar-refractivity contribution in [3.63, 3.8) is 0 Å². The SMILES string of the molecule is O=C(O)c1cc(Cl)nc(Nc2ccc(Cl)cc2I)c1. The predicted molar refractivity (Wildman–Crippen MR) is 83.7 cm³/mol. The molecular formula is C12H7Cl2IN2O2. The molecule has 0 atom stereocenters. The molecule has 0 spiro atoms. The van der Waals surface area contributed by atoms with Crippen molar-refractivity contribution in [2.45, 2.75) is 0 Å². The zero-order chi connectivity index (χ0) is 14.0. The summed E-state index contributed by atoms with van der Waals surface area (Å²) in [5.41, 5.74) is 0.850. The van der Waals surface area contributed by atoms with E-state index in [9.17, 15) is 4.79 Å². The molecule has 1 aromatic heterocycles. The fraction of sp³-hybridized carbons (Fsp3) is 0. The molecule has 0 radical (unpaired) electrons. The summed E-state index contributed by atoms with van der Waals surface area (Å²) in [4.78, 5) is 15.0. The molecule has 0 aliphatic heterocycles. The molecular weight excluding hydrogens is 402 g/mol. The third kappa shape index (κ3) is 3.71. The summed E-state index contributed by atoms with van der Waals surface area (Å²) in [7, 11) is 0. The van der Waals surface area contributed by atoms with Gasteiger partial charge in [0.1, 0.15) is 11.0 Å². The van der Waals surface area contributed by atoms with Gasteiger partial charge >= 0.3 is 5.97 Å². The fourth-order valence-electron chi connectivity index (χ4n) is 1.41. The van der Waals surface area contributed by atoms with Gasteiger partial charge in [0.15, 0.2) is 0 Å². The minimum absolute atomic E-state index is 0.0754. The highest BCUT2D eigenvalue weighted by molar-refractivity contribution is 14.1. The van der Waals surface area contributed by atoms with Crippen LogP contribution in [0.2, 0.25) is 10.2 Å². The molecule has 98 valence electrons. The first-order valence-corrected chi connectivity index (χ1v) is 6.92. The van der Waals surface area contributed by atoms with Gasteiger partial charge in [-0.2, -0.15) is 0 Å². The number of anilines is 2. The summed E-state index contributed by atoms with van der Waals surface area (Å²) in [5, 5.41) is 12.7. The van der Waals surface area contributed by atoms with E-state index in [0.717, 1.165) is 9.26 Å². The summed E-state index contributed by atoms with van der Waals surface area (Å²) in [5.74, 6) is -0.691. The lowest BCUT2D eigenvalue weighted by molar-refractivity contribution is 0.0697. The van der Waals surface area contributed by atoms with Crippen LogP contribution in [-0.2, 0) is 0 Å². The summed E-state index contributed by atoms with van der Waals surface area (Å²) < 4.78 is 0.892. The highest BCUT2D eigenvalue weighted by Gasteiger charge is 2.09. The maximum absolute atomic E-state index is 10.9. The molecule has 0 saturated heterocycles. The van der Waals surface area contributed by atoms with Gasteiger partial charge in [-0.3, -0.25) is 0 Å². The van der Waals surface area contributed by atoms with Crippen molar-refractivity contribution in [1.82, 2.24) is 4.98 Å². The number of carboxylic acids is 1. The Labute approximate surface area is 132 Å². The second-order valence-corrected chi connectivity index (χ2v) is 5.60. The lowest BCUT2D eigenvalue weighted by Gasteiger charge is -2.09. The Morgan fingerprint density at radius 2 is 2.00 bits per heavy atom. The molecule has 0 bridgehead atoms. The Kier molecular flexibility index (Phi) is 4.49. The minimum Gasteiger partial charge on any atom is -0.478 e. The molecule has 0 aliphatic rings. The van der Waals surface area contributed by atoms with Gasteiger partial charge < -0.3 is 10.4 Å². The third-order valence-corrected chi connectivity index (χ3v) is 3.56. The second-order valence-electron chi connectivity index (χ2n) is 3.62. The number of hydrogen-bond donors (Lipinski definition) is 2. The number of aromatic nitrogens is 1. The highest BCUT2D eigenvalue weighted by Crippen LogP contribution is 2.26. The molecule has 0 unspecified atom stereocenters. The molecule has 4 nitrogen and oxygen atoms in total. The van der Waals surface area contributed by atoms with Gasteiger partial charge in [0.2, 0.25) is 0 Å². The van der Waals surface area contributed by atoms with Crippen LogP contribution in [0.1, 0.15) is 10.4 Å². The molecule has 2 rings (SSSR count). The maximum atomic E-state index is 10.9. The van der Waals surface area contributed by atoms with E-state index < -0.39 is 5.97 Å². The molecule has 2 N–H and O–H groups in total. The first-order chi connectivity index (χ1) is 8.95. The van der Waals surface area contributed by atoms with Gasteiger partial charge in [-0.15, -0.1) is 0 Å². The number of nitrogens with one attached hydrogen (secondary N) is 1. The monoisotopic (exact) mass is 408 g/mol. The van der Waals surface area contributed by atoms with Crippen molar-refractivity contribution in [1.29, 1.82) is 0 Å². The number of nitrogens with zero attached hydrogens (tertiary/aromatic N) is 1. The van der Waals surface area contributed by atoms with Crippen LogP contribution >= 0.6 is 45.8 Å². The lowest BCUT2D eigenvalue weighted by Crippen LogP contribution is -2.01. The van der Waals surface area contributed by atoms with Crippen molar-refractivity contribution in [3.05, 3.63) is 49.6 Å². The number of carbonyl (C=O) groups is 1. The molecule has 0 amide bonds. The predicted octanol–water partition coefficient (Wildman–Crippen LogP) is 4.43. The van der Waals surface area contributed by atoms with Crippen molar-refractivity contribution < 1.29 is 9.90 Å². The standard InChI is InChI=1S/C12H7Cl2IN2O2/c13-7-1-2-9(8(15)5-7)16-11-4-6(12(18)19)3-10(14)17-11/h1-5H,(H,16,17)(H,18,19). The number of rotatable bonds is 3. The molecule has 0 fully saturated rings. The van der Waals surface area contributed by atoms with Crippen LogP contribution in [0.25, 0.3) is 0 Å². The van der Waals surface area contributed by atoms with E-state index in [0.29, 0.717) is 10.8 Å². The van der Waals surface area contributed by atoms with Gasteiger partial charge in [-0.25, -0.2) is 9.78 Å². The van der Waals surface area contributed by atoms with Crippen LogP contribution in [0.5, 0.6) is 0 Å². The van der Waals surface area contributed by atoms with Crippen molar-refractivity contribution in [2.24, 2.45) is 0 Å². The lowest BCUT2D eigenvalue weighted by atomic mass is 10.2. The Morgan fingerprint density at radius 3 is 2.63 bits per heavy atom. The van der Waals surface area contributed by atoms with Gasteiger partial charge in [0, 0.05) is 8.59 Å². The van der Waals surface area contributed by atoms with E-state index in [1.54, 1.807) is 18.2 Å². The second kappa shape index (κ2) is 5.94. The average Bonchev–Trinajstić information content (AvgIpc) is 2.32. The summed E-state index contributed by atoms with van der Waals surface area (Å²) in [6.45, 7) is 0. The highest BCUT2D eigenvalue weighted by atomic mass is 127. The average molecular weight is 409 g/mol. The largest absolute Gasteiger partial charge is 0.478 e. The molecule has 7 heteroatoms. The van der Waals surface area contributed by atoms with E-state index in [2.05, 4.69) is 32.9 Å². The number of pyridine rings is 1. The van der Waals surface area contributed by atoms with E-state index in [1.165, 1.54) is 12.1 Å². The minimum atomic E-state index is -1.06. The normalized spacial score (nSPS) is 10.3. The molecule has 0 aliphatic carbocycles. The Hall–Kier alpha value is -1.05. The van der Waals surface area contributed by atoms with Gasteiger partial charge in [0.25, 0.3) is 0 Å². The van der Waals surface area contributed by atoms with E-state index in [4.69, 9.17) is 28.3 Å². The number of hydrogen-bond acceptors (Lipinski definition) is 3. The number of aromatic carboxylic acids is 1. The maximum Gasteiger partial charge on any atom is 0.335 e. The summed E-state index contributed by atoms with van der Waals surface area (Å²) >= 11 is 13.8. The number of halogens is 3. The zero-order valence-corrected chi connectivity index (χ0v) is 13.0. The molecule has 1 heterocycles. The fourth-order valence-corrected chi connectivity index (χ4v) is 2.63. The third-order valence-electron chi connectivity index (χ3n) is 2.23. The van der Waals surface area contributed by atoms with Crippen LogP contribution < -0.4 is 5.32 Å². The van der Waals surface area contributed by atoms with E-state index >= 15 is 0 Å². The zero-order valence-electron chi connectivity index (χ0n) is 9.32. The first kappa shape index (κ1) is 14.4. The van der Waals surface area contributed by atoms with Crippen LogP contribution in [-0.4, -0.2) is 16.1 Å². The van der Waals surface area contributed by atoms with E-state index in [1.807, 2.05) is 0 Å². The number of benzene rings is 1.